The first kappa shape index (κ1) is 26.4. The maximum absolute atomic E-state index is 13.1. The number of rotatable bonds is 11. The van der Waals surface area contributed by atoms with E-state index in [0.29, 0.717) is 41.0 Å². The summed E-state index contributed by atoms with van der Waals surface area (Å²) in [6.07, 6.45) is 0.269. The van der Waals surface area contributed by atoms with Crippen LogP contribution in [0, 0.1) is 12.8 Å². The Morgan fingerprint density at radius 2 is 1.89 bits per heavy atom. The number of aryl methyl sites for hydroxylation is 1. The number of hydrogen-bond donors (Lipinski definition) is 2. The second-order valence-corrected chi connectivity index (χ2v) is 10.8. The molecule has 2 aromatic carbocycles. The van der Waals surface area contributed by atoms with Gasteiger partial charge < -0.3 is 14.8 Å². The topological polar surface area (TPSA) is 78.5 Å². The Labute approximate surface area is 220 Å². The minimum absolute atomic E-state index is 0.134. The molecule has 0 fully saturated rings. The lowest BCUT2D eigenvalue weighted by atomic mass is 10.0. The Bertz CT molecular complexity index is 1350. The van der Waals surface area contributed by atoms with E-state index in [9.17, 15) is 9.90 Å². The molecule has 4 aromatic rings. The highest BCUT2D eigenvalue weighted by molar-refractivity contribution is 7.17. The predicted molar refractivity (Wildman–Crippen MR) is 148 cm³/mol. The fourth-order valence-corrected chi connectivity index (χ4v) is 5.19. The number of aromatic amines is 1. The van der Waals surface area contributed by atoms with Crippen molar-refractivity contribution in [1.82, 2.24) is 14.9 Å². The number of benzene rings is 2. The Kier molecular flexibility index (Phi) is 8.80. The van der Waals surface area contributed by atoms with Crippen LogP contribution in [0.5, 0.6) is 5.75 Å². The van der Waals surface area contributed by atoms with Gasteiger partial charge in [0, 0.05) is 22.5 Å². The minimum Gasteiger partial charge on any atom is -0.491 e. The average molecular weight is 526 g/mol. The van der Waals surface area contributed by atoms with Crippen LogP contribution in [0.3, 0.4) is 0 Å². The molecule has 2 aromatic heterocycles. The van der Waals surface area contributed by atoms with Crippen molar-refractivity contribution < 1.29 is 9.84 Å². The van der Waals surface area contributed by atoms with Crippen molar-refractivity contribution in [3.63, 3.8) is 0 Å². The number of aliphatic hydroxyl groups excluding tert-OH is 1. The van der Waals surface area contributed by atoms with Gasteiger partial charge in [0.25, 0.3) is 5.56 Å². The van der Waals surface area contributed by atoms with Crippen molar-refractivity contribution in [3.8, 4) is 16.9 Å². The summed E-state index contributed by atoms with van der Waals surface area (Å²) in [5.41, 5.74) is 2.95. The van der Waals surface area contributed by atoms with E-state index in [4.69, 9.17) is 21.3 Å². The van der Waals surface area contributed by atoms with Crippen molar-refractivity contribution in [2.45, 2.75) is 39.8 Å². The van der Waals surface area contributed by atoms with Gasteiger partial charge in [-0.25, -0.2) is 4.98 Å². The normalized spacial score (nSPS) is 12.5. The number of nitrogens with one attached hydrogen (secondary N) is 1. The molecule has 6 nitrogen and oxygen atoms in total. The number of aromatic nitrogens is 2. The van der Waals surface area contributed by atoms with E-state index in [0.717, 1.165) is 34.5 Å². The predicted octanol–water partition coefficient (Wildman–Crippen LogP) is 5.90. The van der Waals surface area contributed by atoms with E-state index in [-0.39, 0.29) is 12.2 Å². The molecule has 0 bridgehead atoms. The molecule has 0 saturated carbocycles. The lowest BCUT2D eigenvalue weighted by Crippen LogP contribution is -2.37. The molecule has 2 heterocycles. The van der Waals surface area contributed by atoms with E-state index in [1.165, 1.54) is 11.3 Å². The first-order valence-corrected chi connectivity index (χ1v) is 13.4. The van der Waals surface area contributed by atoms with Gasteiger partial charge in [0.15, 0.2) is 0 Å². The third-order valence-electron chi connectivity index (χ3n) is 6.05. The van der Waals surface area contributed by atoms with Gasteiger partial charge in [-0.3, -0.25) is 9.69 Å². The van der Waals surface area contributed by atoms with Crippen molar-refractivity contribution in [2.24, 2.45) is 5.92 Å². The molecule has 0 spiro atoms. The molecule has 0 amide bonds. The van der Waals surface area contributed by atoms with E-state index < -0.39 is 6.10 Å². The molecule has 0 aliphatic carbocycles. The van der Waals surface area contributed by atoms with Gasteiger partial charge in [-0.15, -0.1) is 11.3 Å². The van der Waals surface area contributed by atoms with Gasteiger partial charge in [0.2, 0.25) is 0 Å². The average Bonchev–Trinajstić information content (AvgIpc) is 3.27. The van der Waals surface area contributed by atoms with Gasteiger partial charge in [-0.05, 0) is 61.2 Å². The fraction of sp³-hybridized carbons (Fsp3) is 0.357. The van der Waals surface area contributed by atoms with Crippen LogP contribution in [0.1, 0.15) is 31.7 Å². The first-order valence-electron chi connectivity index (χ1n) is 12.2. The summed E-state index contributed by atoms with van der Waals surface area (Å²) in [7, 11) is 0. The third-order valence-corrected chi connectivity index (χ3v) is 7.17. The fourth-order valence-electron chi connectivity index (χ4n) is 4.10. The monoisotopic (exact) mass is 525 g/mol. The molecule has 0 radical (unpaired) electrons. The van der Waals surface area contributed by atoms with Crippen LogP contribution in [-0.2, 0) is 6.54 Å². The van der Waals surface area contributed by atoms with Crippen LogP contribution in [0.25, 0.3) is 21.3 Å². The van der Waals surface area contributed by atoms with Gasteiger partial charge in [-0.2, -0.15) is 0 Å². The van der Waals surface area contributed by atoms with Crippen LogP contribution in [-0.4, -0.2) is 45.8 Å². The Hall–Kier alpha value is -2.71. The maximum atomic E-state index is 13.1. The summed E-state index contributed by atoms with van der Waals surface area (Å²) in [4.78, 5) is 23.8. The number of H-pyrrole nitrogens is 1. The van der Waals surface area contributed by atoms with Crippen molar-refractivity contribution in [2.75, 3.05) is 19.7 Å². The molecular weight excluding hydrogens is 494 g/mol. The molecular formula is C28H32ClN3O3S. The summed E-state index contributed by atoms with van der Waals surface area (Å²) in [6.45, 7) is 8.16. The molecule has 1 unspecified atom stereocenters. The van der Waals surface area contributed by atoms with E-state index in [2.05, 4.69) is 23.7 Å². The largest absolute Gasteiger partial charge is 0.491 e. The van der Waals surface area contributed by atoms with Gasteiger partial charge >= 0.3 is 0 Å². The number of fused-ring (bicyclic) bond motifs is 1. The molecule has 0 aliphatic heterocycles. The van der Waals surface area contributed by atoms with Crippen LogP contribution in [0.15, 0.2) is 58.7 Å². The maximum Gasteiger partial charge on any atom is 0.260 e. The minimum atomic E-state index is -0.697. The molecule has 4 rings (SSSR count). The number of hydrogen-bond acceptors (Lipinski definition) is 6. The Morgan fingerprint density at radius 3 is 2.61 bits per heavy atom. The van der Waals surface area contributed by atoms with Crippen LogP contribution in [0.2, 0.25) is 5.02 Å². The van der Waals surface area contributed by atoms with Gasteiger partial charge in [0.05, 0.1) is 11.9 Å². The molecule has 2 N–H and O–H groups in total. The molecule has 8 heteroatoms. The zero-order valence-corrected chi connectivity index (χ0v) is 22.4. The number of aliphatic hydroxyl groups is 1. The van der Waals surface area contributed by atoms with Crippen molar-refractivity contribution in [3.05, 3.63) is 80.7 Å². The van der Waals surface area contributed by atoms with Crippen LogP contribution >= 0.6 is 22.9 Å². The highest BCUT2D eigenvalue weighted by atomic mass is 35.5. The van der Waals surface area contributed by atoms with Gasteiger partial charge in [0.1, 0.15) is 29.1 Å². The number of nitrogens with zero attached hydrogens (tertiary/aromatic N) is 2. The highest BCUT2D eigenvalue weighted by Gasteiger charge is 2.18. The lowest BCUT2D eigenvalue weighted by molar-refractivity contribution is 0.0631. The summed E-state index contributed by atoms with van der Waals surface area (Å²) >= 11 is 7.41. The second kappa shape index (κ2) is 12.0. The van der Waals surface area contributed by atoms with Crippen molar-refractivity contribution >= 4 is 33.2 Å². The number of ether oxygens (including phenoxy) is 1. The molecule has 190 valence electrons. The van der Waals surface area contributed by atoms with E-state index >= 15 is 0 Å². The van der Waals surface area contributed by atoms with E-state index in [1.54, 1.807) is 24.3 Å². The molecule has 0 aliphatic rings. The summed E-state index contributed by atoms with van der Waals surface area (Å²) in [6, 6.07) is 15.1. The standard InChI is InChI=1S/C28H32ClN3O3S/c1-18(2)12-13-32(14-21(33)16-35-22-10-8-20(29)9-11-22)15-25-30-27(34)26-24(17-36-28(26)31-25)23-7-5-4-6-19(23)3/h4-11,17-18,21,33H,12-16H2,1-3H3,(H,30,31,34). The zero-order valence-electron chi connectivity index (χ0n) is 20.8. The molecule has 0 saturated heterocycles. The highest BCUT2D eigenvalue weighted by Crippen LogP contribution is 2.32. The first-order chi connectivity index (χ1) is 17.3. The van der Waals surface area contributed by atoms with Crippen LogP contribution < -0.4 is 10.3 Å². The van der Waals surface area contributed by atoms with Gasteiger partial charge in [-0.1, -0.05) is 49.7 Å². The zero-order chi connectivity index (χ0) is 25.7. The number of thiophene rings is 1. The van der Waals surface area contributed by atoms with Crippen LogP contribution in [0.4, 0.5) is 0 Å². The quantitative estimate of drug-likeness (QED) is 0.255. The number of halogens is 1. The Balaban J connectivity index is 1.49. The summed E-state index contributed by atoms with van der Waals surface area (Å²) < 4.78 is 5.72. The second-order valence-electron chi connectivity index (χ2n) is 9.49. The third kappa shape index (κ3) is 6.73. The summed E-state index contributed by atoms with van der Waals surface area (Å²) in [5.74, 6) is 1.77. The van der Waals surface area contributed by atoms with E-state index in [1.807, 2.05) is 36.6 Å². The molecule has 36 heavy (non-hydrogen) atoms. The van der Waals surface area contributed by atoms with Crippen molar-refractivity contribution in [1.29, 1.82) is 0 Å². The lowest BCUT2D eigenvalue weighted by Gasteiger charge is -2.25. The Morgan fingerprint density at radius 1 is 1.14 bits per heavy atom. The SMILES string of the molecule is Cc1ccccc1-c1csc2nc(CN(CCC(C)C)CC(O)COc3ccc(Cl)cc3)[nH]c(=O)c12. The smallest absolute Gasteiger partial charge is 0.260 e. The summed E-state index contributed by atoms with van der Waals surface area (Å²) in [5, 5.41) is 13.9. The molecule has 1 atom stereocenters.